The zero-order chi connectivity index (χ0) is 12.6. The number of anilines is 1. The van der Waals surface area contributed by atoms with Crippen molar-refractivity contribution in [1.29, 1.82) is 0 Å². The lowest BCUT2D eigenvalue weighted by molar-refractivity contribution is 0.0402. The van der Waals surface area contributed by atoms with Gasteiger partial charge in [-0.05, 0) is 5.57 Å². The topological polar surface area (TPSA) is 132 Å². The molecule has 0 fully saturated rings. The van der Waals surface area contributed by atoms with Gasteiger partial charge in [0.25, 0.3) is 5.56 Å². The maximum Gasteiger partial charge on any atom is 0.256 e. The molecule has 7 heteroatoms. The monoisotopic (exact) mass is 239 g/mol. The van der Waals surface area contributed by atoms with E-state index in [2.05, 4.69) is 9.97 Å². The number of nitrogens with two attached hydrogens (primary N) is 1. The van der Waals surface area contributed by atoms with Gasteiger partial charge in [-0.15, -0.1) is 0 Å². The SMILES string of the molecule is Nc1ncc([C@@H]2C=C(CO)[C@@H](O)[C@H]2O)c(=O)[nH]1. The summed E-state index contributed by atoms with van der Waals surface area (Å²) in [6.45, 7) is -0.366. The van der Waals surface area contributed by atoms with E-state index in [1.165, 1.54) is 12.3 Å². The summed E-state index contributed by atoms with van der Waals surface area (Å²) in [5.41, 5.74) is 5.33. The predicted molar refractivity (Wildman–Crippen MR) is 59.2 cm³/mol. The molecule has 1 aromatic heterocycles. The van der Waals surface area contributed by atoms with E-state index in [0.29, 0.717) is 5.57 Å². The highest BCUT2D eigenvalue weighted by molar-refractivity contribution is 5.33. The first-order valence-corrected chi connectivity index (χ1v) is 5.07. The van der Waals surface area contributed by atoms with E-state index in [-0.39, 0.29) is 18.1 Å². The second-order valence-corrected chi connectivity index (χ2v) is 3.91. The van der Waals surface area contributed by atoms with Crippen LogP contribution < -0.4 is 11.3 Å². The summed E-state index contributed by atoms with van der Waals surface area (Å²) in [6.07, 6.45) is 0.397. The van der Waals surface area contributed by atoms with Crippen LogP contribution in [0.3, 0.4) is 0 Å². The number of aromatic nitrogens is 2. The van der Waals surface area contributed by atoms with Crippen LogP contribution in [0.5, 0.6) is 0 Å². The summed E-state index contributed by atoms with van der Waals surface area (Å²) >= 11 is 0. The minimum absolute atomic E-state index is 0.0156. The Morgan fingerprint density at radius 2 is 2.18 bits per heavy atom. The maximum absolute atomic E-state index is 11.6. The lowest BCUT2D eigenvalue weighted by Crippen LogP contribution is -2.30. The van der Waals surface area contributed by atoms with Crippen LogP contribution in [-0.4, -0.2) is 44.1 Å². The van der Waals surface area contributed by atoms with E-state index >= 15 is 0 Å². The van der Waals surface area contributed by atoms with Crippen molar-refractivity contribution in [3.63, 3.8) is 0 Å². The molecule has 1 heterocycles. The molecule has 0 amide bonds. The van der Waals surface area contributed by atoms with E-state index < -0.39 is 23.7 Å². The first-order valence-electron chi connectivity index (χ1n) is 5.07. The van der Waals surface area contributed by atoms with Crippen molar-refractivity contribution in [1.82, 2.24) is 9.97 Å². The number of nitrogens with zero attached hydrogens (tertiary/aromatic N) is 1. The molecule has 3 atom stereocenters. The first kappa shape index (κ1) is 11.8. The van der Waals surface area contributed by atoms with Crippen molar-refractivity contribution in [2.75, 3.05) is 12.3 Å². The molecule has 7 nitrogen and oxygen atoms in total. The van der Waals surface area contributed by atoms with Gasteiger partial charge in [0, 0.05) is 17.7 Å². The number of hydrogen-bond acceptors (Lipinski definition) is 6. The number of hydrogen-bond donors (Lipinski definition) is 5. The molecule has 6 N–H and O–H groups in total. The predicted octanol–water partition coefficient (Wildman–Crippen LogP) is -1.91. The molecule has 0 spiro atoms. The largest absolute Gasteiger partial charge is 0.392 e. The highest BCUT2D eigenvalue weighted by atomic mass is 16.3. The summed E-state index contributed by atoms with van der Waals surface area (Å²) in [7, 11) is 0. The fraction of sp³-hybridized carbons (Fsp3) is 0.400. The van der Waals surface area contributed by atoms with E-state index in [1.807, 2.05) is 0 Å². The van der Waals surface area contributed by atoms with E-state index in [9.17, 15) is 15.0 Å². The van der Waals surface area contributed by atoms with E-state index in [0.717, 1.165) is 0 Å². The summed E-state index contributed by atoms with van der Waals surface area (Å²) in [4.78, 5) is 17.7. The normalized spacial score (nSPS) is 28.2. The summed E-state index contributed by atoms with van der Waals surface area (Å²) in [6, 6.07) is 0. The Balaban J connectivity index is 2.41. The molecule has 0 saturated carbocycles. The molecular formula is C10H13N3O4. The van der Waals surface area contributed by atoms with E-state index in [1.54, 1.807) is 0 Å². The van der Waals surface area contributed by atoms with Crippen molar-refractivity contribution >= 4 is 5.95 Å². The fourth-order valence-electron chi connectivity index (χ4n) is 1.92. The van der Waals surface area contributed by atoms with Crippen LogP contribution in [-0.2, 0) is 0 Å². The van der Waals surface area contributed by atoms with Crippen molar-refractivity contribution in [3.05, 3.63) is 33.8 Å². The van der Waals surface area contributed by atoms with Crippen LogP contribution in [0, 0.1) is 0 Å². The van der Waals surface area contributed by atoms with Gasteiger partial charge in [0.2, 0.25) is 0 Å². The zero-order valence-corrected chi connectivity index (χ0v) is 8.87. The van der Waals surface area contributed by atoms with Crippen molar-refractivity contribution < 1.29 is 15.3 Å². The molecule has 0 radical (unpaired) electrons. The summed E-state index contributed by atoms with van der Waals surface area (Å²) in [5.74, 6) is -0.706. The lowest BCUT2D eigenvalue weighted by Gasteiger charge is -2.16. The molecule has 0 aliphatic heterocycles. The Kier molecular flexibility index (Phi) is 2.97. The molecular weight excluding hydrogens is 226 g/mol. The number of aromatic amines is 1. The number of aliphatic hydroxyl groups is 3. The molecule has 0 unspecified atom stereocenters. The molecule has 0 bridgehead atoms. The van der Waals surface area contributed by atoms with Crippen molar-refractivity contribution in [2.24, 2.45) is 0 Å². The van der Waals surface area contributed by atoms with Gasteiger partial charge in [-0.2, -0.15) is 0 Å². The number of nitrogens with one attached hydrogen (secondary N) is 1. The second-order valence-electron chi connectivity index (χ2n) is 3.91. The minimum Gasteiger partial charge on any atom is -0.392 e. The quantitative estimate of drug-likeness (QED) is 0.382. The Bertz CT molecular complexity index is 511. The average Bonchev–Trinajstić information content (AvgIpc) is 2.57. The standard InChI is InChI=1S/C10H13N3O4/c11-10-12-2-6(9(17)13-10)5-1-4(3-14)7(15)8(5)16/h1-2,5,7-8,14-16H,3H2,(H3,11,12,13,17)/t5-,7+,8-/m0/s1. The molecule has 1 aliphatic rings. The van der Waals surface area contributed by atoms with Gasteiger partial charge in [0.05, 0.1) is 12.7 Å². The summed E-state index contributed by atoms with van der Waals surface area (Å²) < 4.78 is 0. The summed E-state index contributed by atoms with van der Waals surface area (Å²) in [5, 5.41) is 28.4. The maximum atomic E-state index is 11.6. The number of aliphatic hydroxyl groups excluding tert-OH is 3. The number of rotatable bonds is 2. The average molecular weight is 239 g/mol. The molecule has 0 aromatic carbocycles. The van der Waals surface area contributed by atoms with Gasteiger partial charge in [0.1, 0.15) is 6.10 Å². The van der Waals surface area contributed by atoms with Gasteiger partial charge >= 0.3 is 0 Å². The fourth-order valence-corrected chi connectivity index (χ4v) is 1.92. The molecule has 17 heavy (non-hydrogen) atoms. The molecule has 1 aliphatic carbocycles. The highest BCUT2D eigenvalue weighted by Crippen LogP contribution is 2.31. The van der Waals surface area contributed by atoms with Crippen molar-refractivity contribution in [2.45, 2.75) is 18.1 Å². The Morgan fingerprint density at radius 3 is 2.71 bits per heavy atom. The van der Waals surface area contributed by atoms with Crippen LogP contribution in [0.15, 0.2) is 22.6 Å². The van der Waals surface area contributed by atoms with Crippen LogP contribution in [0.25, 0.3) is 0 Å². The molecule has 1 aromatic rings. The van der Waals surface area contributed by atoms with Gasteiger partial charge in [-0.1, -0.05) is 6.08 Å². The third kappa shape index (κ3) is 1.95. The van der Waals surface area contributed by atoms with Gasteiger partial charge in [-0.3, -0.25) is 9.78 Å². The second kappa shape index (κ2) is 4.28. The lowest BCUT2D eigenvalue weighted by atomic mass is 9.98. The smallest absolute Gasteiger partial charge is 0.256 e. The molecule has 0 saturated heterocycles. The van der Waals surface area contributed by atoms with Crippen LogP contribution in [0.2, 0.25) is 0 Å². The number of H-pyrrole nitrogens is 1. The third-order valence-electron chi connectivity index (χ3n) is 2.85. The highest BCUT2D eigenvalue weighted by Gasteiger charge is 2.36. The number of nitrogen functional groups attached to an aromatic ring is 1. The first-order chi connectivity index (χ1) is 8.04. The Morgan fingerprint density at radius 1 is 1.47 bits per heavy atom. The third-order valence-corrected chi connectivity index (χ3v) is 2.85. The van der Waals surface area contributed by atoms with Crippen LogP contribution in [0.1, 0.15) is 11.5 Å². The van der Waals surface area contributed by atoms with E-state index in [4.69, 9.17) is 10.8 Å². The molecule has 92 valence electrons. The van der Waals surface area contributed by atoms with Gasteiger partial charge < -0.3 is 21.1 Å². The van der Waals surface area contributed by atoms with Gasteiger partial charge in [-0.25, -0.2) is 4.98 Å². The van der Waals surface area contributed by atoms with Crippen LogP contribution in [0.4, 0.5) is 5.95 Å². The van der Waals surface area contributed by atoms with Gasteiger partial charge in [0.15, 0.2) is 5.95 Å². The minimum atomic E-state index is -1.16. The Labute approximate surface area is 96.2 Å². The van der Waals surface area contributed by atoms with Crippen LogP contribution >= 0.6 is 0 Å². The Hall–Kier alpha value is -1.70. The zero-order valence-electron chi connectivity index (χ0n) is 8.87. The molecule has 2 rings (SSSR count). The van der Waals surface area contributed by atoms with Crippen molar-refractivity contribution in [3.8, 4) is 0 Å².